The van der Waals surface area contributed by atoms with Gasteiger partial charge in [0.05, 0.1) is 24.3 Å². The van der Waals surface area contributed by atoms with Crippen molar-refractivity contribution in [2.45, 2.75) is 60.5 Å². The molecule has 0 unspecified atom stereocenters. The minimum atomic E-state index is -0.992. The standard InChI is InChI=1S/C22H32N2O6/c1-12-16(20(27)29-7)13(2)23-17(12)18(25)14(3)30-19(26)15-8-10-24(11-9-15)21(28)22(4,5)6/h14-15,23H,8-11H2,1-7H3/t14-/m0/s1. The van der Waals surface area contributed by atoms with Gasteiger partial charge in [0.15, 0.2) is 6.10 Å². The second-order valence-corrected chi connectivity index (χ2v) is 8.88. The molecule has 1 fully saturated rings. The molecule has 0 aliphatic carbocycles. The van der Waals surface area contributed by atoms with Crippen molar-refractivity contribution in [3.63, 3.8) is 0 Å². The molecule has 1 saturated heterocycles. The van der Waals surface area contributed by atoms with Crippen LogP contribution in [-0.2, 0) is 19.1 Å². The van der Waals surface area contributed by atoms with Crippen LogP contribution in [0.2, 0.25) is 0 Å². The topological polar surface area (TPSA) is 106 Å². The number of hydrogen-bond donors (Lipinski definition) is 1. The molecule has 1 aliphatic rings. The molecule has 2 heterocycles. The number of likely N-dealkylation sites (tertiary alicyclic amines) is 1. The van der Waals surface area contributed by atoms with Crippen molar-refractivity contribution in [2.24, 2.45) is 11.3 Å². The van der Waals surface area contributed by atoms with Crippen molar-refractivity contribution in [1.29, 1.82) is 0 Å². The van der Waals surface area contributed by atoms with Crippen molar-refractivity contribution >= 4 is 23.6 Å². The second kappa shape index (κ2) is 9.02. The molecule has 1 aliphatic heterocycles. The summed E-state index contributed by atoms with van der Waals surface area (Å²) in [6, 6.07) is 0. The van der Waals surface area contributed by atoms with Gasteiger partial charge in [-0.2, -0.15) is 0 Å². The summed E-state index contributed by atoms with van der Waals surface area (Å²) in [5.74, 6) is -1.65. The van der Waals surface area contributed by atoms with Crippen LogP contribution in [0.15, 0.2) is 0 Å². The number of piperidine rings is 1. The van der Waals surface area contributed by atoms with Crippen molar-refractivity contribution in [3.8, 4) is 0 Å². The van der Waals surface area contributed by atoms with Gasteiger partial charge in [-0.3, -0.25) is 14.4 Å². The van der Waals surface area contributed by atoms with Gasteiger partial charge in [0.1, 0.15) is 0 Å². The summed E-state index contributed by atoms with van der Waals surface area (Å²) in [7, 11) is 1.28. The first-order valence-corrected chi connectivity index (χ1v) is 10.2. The number of Topliss-reactive ketones (excluding diaryl/α,β-unsaturated/α-hetero) is 1. The Morgan fingerprint density at radius 3 is 2.17 bits per heavy atom. The predicted molar refractivity (Wildman–Crippen MR) is 110 cm³/mol. The summed E-state index contributed by atoms with van der Waals surface area (Å²) in [6.07, 6.45) is 0.0256. The van der Waals surface area contributed by atoms with Crippen LogP contribution in [-0.4, -0.2) is 59.8 Å². The monoisotopic (exact) mass is 420 g/mol. The Kier molecular flexibility index (Phi) is 7.10. The van der Waals surface area contributed by atoms with E-state index in [2.05, 4.69) is 4.98 Å². The molecule has 1 N–H and O–H groups in total. The Bertz CT molecular complexity index is 841. The highest BCUT2D eigenvalue weighted by Gasteiger charge is 2.34. The molecule has 1 amide bonds. The summed E-state index contributed by atoms with van der Waals surface area (Å²) in [6.45, 7) is 11.5. The number of aromatic nitrogens is 1. The van der Waals surface area contributed by atoms with Gasteiger partial charge in [0.2, 0.25) is 11.7 Å². The van der Waals surface area contributed by atoms with Gasteiger partial charge < -0.3 is 19.4 Å². The number of H-pyrrole nitrogens is 1. The highest BCUT2D eigenvalue weighted by molar-refractivity contribution is 6.04. The summed E-state index contributed by atoms with van der Waals surface area (Å²) in [5, 5.41) is 0. The third-order valence-corrected chi connectivity index (χ3v) is 5.49. The Labute approximate surface area is 177 Å². The number of aryl methyl sites for hydroxylation is 1. The maximum atomic E-state index is 12.8. The lowest BCUT2D eigenvalue weighted by molar-refractivity contribution is -0.155. The zero-order chi connectivity index (χ0) is 22.8. The van der Waals surface area contributed by atoms with E-state index in [0.29, 0.717) is 42.8 Å². The maximum absolute atomic E-state index is 12.8. The molecule has 1 aromatic heterocycles. The SMILES string of the molecule is COC(=O)c1c(C)[nH]c(C(=O)[C@H](C)OC(=O)C2CCN(C(=O)C(C)(C)C)CC2)c1C. The lowest BCUT2D eigenvalue weighted by atomic mass is 9.91. The molecule has 0 radical (unpaired) electrons. The van der Waals surface area contributed by atoms with Crippen LogP contribution in [0.25, 0.3) is 0 Å². The van der Waals surface area contributed by atoms with E-state index in [-0.39, 0.29) is 17.5 Å². The lowest BCUT2D eigenvalue weighted by Gasteiger charge is -2.35. The molecule has 0 spiro atoms. The fourth-order valence-corrected chi connectivity index (χ4v) is 3.72. The van der Waals surface area contributed by atoms with Gasteiger partial charge >= 0.3 is 11.9 Å². The predicted octanol–water partition coefficient (Wildman–Crippen LogP) is 2.82. The molecular weight excluding hydrogens is 388 g/mol. The van der Waals surface area contributed by atoms with E-state index in [4.69, 9.17) is 9.47 Å². The summed E-state index contributed by atoms with van der Waals surface area (Å²) in [4.78, 5) is 54.3. The average molecular weight is 421 g/mol. The number of amides is 1. The Morgan fingerprint density at radius 1 is 1.10 bits per heavy atom. The fourth-order valence-electron chi connectivity index (χ4n) is 3.72. The molecule has 8 nitrogen and oxygen atoms in total. The first kappa shape index (κ1) is 23.6. The number of nitrogens with one attached hydrogen (secondary N) is 1. The molecule has 166 valence electrons. The van der Waals surface area contributed by atoms with Crippen LogP contribution in [0, 0.1) is 25.2 Å². The minimum absolute atomic E-state index is 0.0665. The van der Waals surface area contributed by atoms with Gasteiger partial charge in [-0.1, -0.05) is 20.8 Å². The van der Waals surface area contributed by atoms with Crippen molar-refractivity contribution in [1.82, 2.24) is 9.88 Å². The third-order valence-electron chi connectivity index (χ3n) is 5.49. The smallest absolute Gasteiger partial charge is 0.339 e. The maximum Gasteiger partial charge on any atom is 0.339 e. The van der Waals surface area contributed by atoms with E-state index in [0.717, 1.165) is 0 Å². The number of hydrogen-bond acceptors (Lipinski definition) is 6. The lowest BCUT2D eigenvalue weighted by Crippen LogP contribution is -2.45. The largest absolute Gasteiger partial charge is 0.465 e. The molecule has 2 rings (SSSR count). The van der Waals surface area contributed by atoms with Crippen molar-refractivity contribution in [2.75, 3.05) is 20.2 Å². The molecule has 0 aromatic carbocycles. The fraction of sp³-hybridized carbons (Fsp3) is 0.636. The van der Waals surface area contributed by atoms with E-state index < -0.39 is 29.2 Å². The van der Waals surface area contributed by atoms with Gasteiger partial charge in [-0.25, -0.2) is 4.79 Å². The number of methoxy groups -OCH3 is 1. The zero-order valence-corrected chi connectivity index (χ0v) is 18.9. The molecule has 1 atom stereocenters. The number of rotatable bonds is 5. The van der Waals surface area contributed by atoms with E-state index >= 15 is 0 Å². The normalized spacial score (nSPS) is 16.2. The van der Waals surface area contributed by atoms with Crippen molar-refractivity contribution in [3.05, 3.63) is 22.5 Å². The molecule has 30 heavy (non-hydrogen) atoms. The van der Waals surface area contributed by atoms with Gasteiger partial charge in [-0.05, 0) is 39.2 Å². The number of ketones is 1. The minimum Gasteiger partial charge on any atom is -0.465 e. The first-order chi connectivity index (χ1) is 13.9. The van der Waals surface area contributed by atoms with E-state index in [1.165, 1.54) is 14.0 Å². The van der Waals surface area contributed by atoms with E-state index in [1.807, 2.05) is 20.8 Å². The summed E-state index contributed by atoms with van der Waals surface area (Å²) < 4.78 is 10.2. The van der Waals surface area contributed by atoms with Crippen LogP contribution in [0.4, 0.5) is 0 Å². The van der Waals surface area contributed by atoms with Gasteiger partial charge in [0.25, 0.3) is 0 Å². The van der Waals surface area contributed by atoms with E-state index in [9.17, 15) is 19.2 Å². The highest BCUT2D eigenvalue weighted by atomic mass is 16.5. The number of aromatic amines is 1. The second-order valence-electron chi connectivity index (χ2n) is 8.88. The molecule has 0 saturated carbocycles. The summed E-state index contributed by atoms with van der Waals surface area (Å²) >= 11 is 0. The zero-order valence-electron chi connectivity index (χ0n) is 18.9. The Morgan fingerprint density at radius 2 is 1.67 bits per heavy atom. The van der Waals surface area contributed by atoms with E-state index in [1.54, 1.807) is 18.7 Å². The number of esters is 2. The quantitative estimate of drug-likeness (QED) is 0.580. The molecule has 8 heteroatoms. The average Bonchev–Trinajstić information content (AvgIpc) is 2.99. The van der Waals surface area contributed by atoms with Crippen LogP contribution in [0.3, 0.4) is 0 Å². The number of carbonyl (C=O) groups excluding carboxylic acids is 4. The van der Waals surface area contributed by atoms with Crippen LogP contribution in [0.5, 0.6) is 0 Å². The van der Waals surface area contributed by atoms with Crippen LogP contribution < -0.4 is 0 Å². The number of ether oxygens (including phenoxy) is 2. The highest BCUT2D eigenvalue weighted by Crippen LogP contribution is 2.25. The van der Waals surface area contributed by atoms with Crippen LogP contribution in [0.1, 0.15) is 72.6 Å². The molecule has 0 bridgehead atoms. The summed E-state index contributed by atoms with van der Waals surface area (Å²) in [5.41, 5.74) is 1.09. The third kappa shape index (κ3) is 4.91. The van der Waals surface area contributed by atoms with Gasteiger partial charge in [-0.15, -0.1) is 0 Å². The van der Waals surface area contributed by atoms with Crippen LogP contribution >= 0.6 is 0 Å². The molecular formula is C22H32N2O6. The Hall–Kier alpha value is -2.64. The van der Waals surface area contributed by atoms with Crippen molar-refractivity contribution < 1.29 is 28.7 Å². The van der Waals surface area contributed by atoms with Gasteiger partial charge in [0, 0.05) is 24.2 Å². The Balaban J connectivity index is 1.99. The number of carbonyl (C=O) groups is 4. The first-order valence-electron chi connectivity index (χ1n) is 10.2. The molecule has 1 aromatic rings. The number of nitrogens with zero attached hydrogens (tertiary/aromatic N) is 1.